The van der Waals surface area contributed by atoms with Crippen LogP contribution in [0.15, 0.2) is 35.1 Å². The van der Waals surface area contributed by atoms with E-state index in [-0.39, 0.29) is 24.3 Å². The topological polar surface area (TPSA) is 121 Å². The quantitative estimate of drug-likeness (QED) is 0.448. The van der Waals surface area contributed by atoms with Crippen LogP contribution in [0.3, 0.4) is 0 Å². The van der Waals surface area contributed by atoms with Gasteiger partial charge in [-0.3, -0.25) is 30.0 Å². The number of H-pyrrole nitrogens is 1. The number of hydrogen-bond donors (Lipinski definition) is 3. The number of ketones is 1. The second kappa shape index (κ2) is 8.13. The summed E-state index contributed by atoms with van der Waals surface area (Å²) < 4.78 is 0. The molecular weight excluding hydrogens is 380 g/mol. The Morgan fingerprint density at radius 3 is 2.46 bits per heavy atom. The molecule has 0 atom stereocenters. The lowest BCUT2D eigenvalue weighted by Gasteiger charge is -2.08. The Morgan fingerprint density at radius 1 is 1.07 bits per heavy atom. The molecule has 28 heavy (non-hydrogen) atoms. The van der Waals surface area contributed by atoms with Gasteiger partial charge in [-0.1, -0.05) is 18.2 Å². The molecule has 0 fully saturated rings. The molecule has 3 N–H and O–H groups in total. The van der Waals surface area contributed by atoms with E-state index in [0.29, 0.717) is 16.3 Å². The van der Waals surface area contributed by atoms with Crippen molar-refractivity contribution in [2.75, 3.05) is 0 Å². The third kappa shape index (κ3) is 4.15. The molecule has 2 heterocycles. The molecule has 0 aliphatic carbocycles. The van der Waals surface area contributed by atoms with Gasteiger partial charge in [0, 0.05) is 33.5 Å². The van der Waals surface area contributed by atoms with Gasteiger partial charge in [0.1, 0.15) is 0 Å². The highest BCUT2D eigenvalue weighted by Gasteiger charge is 2.16. The summed E-state index contributed by atoms with van der Waals surface area (Å²) in [4.78, 5) is 50.2. The van der Waals surface area contributed by atoms with Crippen molar-refractivity contribution in [3.05, 3.63) is 61.7 Å². The molecule has 0 spiro atoms. The van der Waals surface area contributed by atoms with Crippen LogP contribution >= 0.6 is 11.3 Å². The molecule has 0 bridgehead atoms. The first-order valence-electron chi connectivity index (χ1n) is 8.53. The number of rotatable bonds is 5. The number of nitrogens with zero attached hydrogens (tertiary/aromatic N) is 1. The van der Waals surface area contributed by atoms with Gasteiger partial charge in [-0.25, -0.2) is 5.10 Å². The molecule has 0 saturated heterocycles. The highest BCUT2D eigenvalue weighted by molar-refractivity contribution is 7.12. The van der Waals surface area contributed by atoms with Gasteiger partial charge < -0.3 is 0 Å². The summed E-state index contributed by atoms with van der Waals surface area (Å²) in [6.45, 7) is 3.79. The van der Waals surface area contributed by atoms with E-state index in [4.69, 9.17) is 0 Å². The van der Waals surface area contributed by atoms with Crippen LogP contribution in [0.4, 0.5) is 0 Å². The summed E-state index contributed by atoms with van der Waals surface area (Å²) >= 11 is 1.53. The third-order valence-electron chi connectivity index (χ3n) is 4.15. The van der Waals surface area contributed by atoms with Crippen molar-refractivity contribution in [1.29, 1.82) is 0 Å². The normalized spacial score (nSPS) is 10.6. The lowest BCUT2D eigenvalue weighted by Crippen LogP contribution is -2.42. The van der Waals surface area contributed by atoms with Crippen LogP contribution in [0.5, 0.6) is 0 Å². The van der Waals surface area contributed by atoms with E-state index < -0.39 is 17.4 Å². The number of aromatic amines is 1. The summed E-state index contributed by atoms with van der Waals surface area (Å²) in [7, 11) is 0. The molecular formula is C19H18N4O4S. The van der Waals surface area contributed by atoms with Crippen LogP contribution in [-0.2, 0) is 4.79 Å². The minimum absolute atomic E-state index is 0.0176. The SMILES string of the molecule is Cc1cc(C(=O)CCC(=O)NNC(=O)c2n[nH]c(=O)c3ccccc23)c(C)s1. The first kappa shape index (κ1) is 19.4. The first-order chi connectivity index (χ1) is 13.4. The van der Waals surface area contributed by atoms with Crippen molar-refractivity contribution in [2.45, 2.75) is 26.7 Å². The number of hydrogen-bond acceptors (Lipinski definition) is 6. The lowest BCUT2D eigenvalue weighted by atomic mass is 10.1. The highest BCUT2D eigenvalue weighted by Crippen LogP contribution is 2.22. The molecule has 3 rings (SSSR count). The zero-order valence-corrected chi connectivity index (χ0v) is 16.1. The average Bonchev–Trinajstić information content (AvgIpc) is 3.03. The second-order valence-electron chi connectivity index (χ2n) is 6.20. The van der Waals surface area contributed by atoms with Crippen LogP contribution in [0, 0.1) is 13.8 Å². The molecule has 9 heteroatoms. The molecule has 8 nitrogen and oxygen atoms in total. The maximum Gasteiger partial charge on any atom is 0.290 e. The highest BCUT2D eigenvalue weighted by atomic mass is 32.1. The summed E-state index contributed by atoms with van der Waals surface area (Å²) in [5, 5.41) is 6.70. The van der Waals surface area contributed by atoms with Crippen LogP contribution < -0.4 is 16.4 Å². The average molecular weight is 398 g/mol. The van der Waals surface area contributed by atoms with Crippen molar-refractivity contribution in [3.63, 3.8) is 0 Å². The molecule has 0 aliphatic heterocycles. The smallest absolute Gasteiger partial charge is 0.290 e. The Bertz CT molecular complexity index is 1130. The number of Topliss-reactive ketones (excluding diaryl/α,β-unsaturated/α-hetero) is 1. The standard InChI is InChI=1S/C19H18N4O4S/c1-10-9-14(11(2)28-10)15(24)7-8-16(25)20-23-19(27)17-12-5-3-4-6-13(12)18(26)22-21-17/h3-6,9H,7-8H2,1-2H3,(H,20,25)(H,22,26)(H,23,27). The van der Waals surface area contributed by atoms with Crippen LogP contribution in [0.25, 0.3) is 10.8 Å². The van der Waals surface area contributed by atoms with Gasteiger partial charge in [0.15, 0.2) is 11.5 Å². The van der Waals surface area contributed by atoms with E-state index in [9.17, 15) is 19.2 Å². The number of nitrogens with one attached hydrogen (secondary N) is 3. The van der Waals surface area contributed by atoms with Crippen LogP contribution in [-0.4, -0.2) is 27.8 Å². The van der Waals surface area contributed by atoms with Gasteiger partial charge in [-0.2, -0.15) is 5.10 Å². The van der Waals surface area contributed by atoms with Gasteiger partial charge in [-0.15, -0.1) is 11.3 Å². The molecule has 0 aliphatic rings. The number of aromatic nitrogens is 2. The number of thiophene rings is 1. The largest absolute Gasteiger partial charge is 0.294 e. The van der Waals surface area contributed by atoms with Gasteiger partial charge in [0.25, 0.3) is 11.5 Å². The van der Waals surface area contributed by atoms with Gasteiger partial charge in [0.05, 0.1) is 5.39 Å². The van der Waals surface area contributed by atoms with E-state index in [1.807, 2.05) is 19.9 Å². The minimum atomic E-state index is -0.670. The van der Waals surface area contributed by atoms with Crippen molar-refractivity contribution in [2.24, 2.45) is 0 Å². The maximum absolute atomic E-state index is 12.3. The number of hydrazine groups is 1. The number of aryl methyl sites for hydroxylation is 2. The fourth-order valence-corrected chi connectivity index (χ4v) is 3.75. The molecule has 1 aromatic carbocycles. The number of carbonyl (C=O) groups excluding carboxylic acids is 3. The van der Waals surface area contributed by atoms with Gasteiger partial charge in [-0.05, 0) is 26.0 Å². The number of amides is 2. The molecule has 3 aromatic rings. The first-order valence-corrected chi connectivity index (χ1v) is 9.35. The number of fused-ring (bicyclic) bond motifs is 1. The minimum Gasteiger partial charge on any atom is -0.294 e. The van der Waals surface area contributed by atoms with E-state index >= 15 is 0 Å². The predicted molar refractivity (Wildman–Crippen MR) is 105 cm³/mol. The molecule has 0 saturated carbocycles. The van der Waals surface area contributed by atoms with Gasteiger partial charge >= 0.3 is 0 Å². The summed E-state index contributed by atoms with van der Waals surface area (Å²) in [5.41, 5.74) is 4.73. The van der Waals surface area contributed by atoms with Crippen LogP contribution in [0.1, 0.15) is 43.4 Å². The van der Waals surface area contributed by atoms with Gasteiger partial charge in [0.2, 0.25) is 5.91 Å². The predicted octanol–water partition coefficient (Wildman–Crippen LogP) is 2.03. The number of carbonyl (C=O) groups is 3. The Labute approximate surface area is 163 Å². The maximum atomic E-state index is 12.3. The fraction of sp³-hybridized carbons (Fsp3) is 0.211. The zero-order valence-electron chi connectivity index (χ0n) is 15.3. The Balaban J connectivity index is 1.58. The number of benzene rings is 1. The molecule has 144 valence electrons. The molecule has 0 unspecified atom stereocenters. The Hall–Kier alpha value is -3.33. The molecule has 2 amide bonds. The van der Waals surface area contributed by atoms with E-state index in [1.165, 1.54) is 11.3 Å². The van der Waals surface area contributed by atoms with Crippen molar-refractivity contribution < 1.29 is 14.4 Å². The zero-order chi connectivity index (χ0) is 20.3. The Kier molecular flexibility index (Phi) is 5.65. The third-order valence-corrected chi connectivity index (χ3v) is 5.11. The van der Waals surface area contributed by atoms with E-state index in [1.54, 1.807) is 24.3 Å². The summed E-state index contributed by atoms with van der Waals surface area (Å²) in [5.74, 6) is -1.28. The monoisotopic (exact) mass is 398 g/mol. The summed E-state index contributed by atoms with van der Waals surface area (Å²) in [6, 6.07) is 8.34. The fourth-order valence-electron chi connectivity index (χ4n) is 2.81. The summed E-state index contributed by atoms with van der Waals surface area (Å²) in [6.07, 6.45) is -0.0220. The Morgan fingerprint density at radius 2 is 1.79 bits per heavy atom. The van der Waals surface area contributed by atoms with Crippen molar-refractivity contribution >= 4 is 39.7 Å². The molecule has 2 aromatic heterocycles. The van der Waals surface area contributed by atoms with E-state index in [2.05, 4.69) is 21.0 Å². The van der Waals surface area contributed by atoms with E-state index in [0.717, 1.165) is 9.75 Å². The van der Waals surface area contributed by atoms with Crippen LogP contribution in [0.2, 0.25) is 0 Å². The van der Waals surface area contributed by atoms with Crippen molar-refractivity contribution in [3.8, 4) is 0 Å². The molecule has 0 radical (unpaired) electrons. The lowest BCUT2D eigenvalue weighted by molar-refractivity contribution is -0.121. The van der Waals surface area contributed by atoms with Crippen molar-refractivity contribution in [1.82, 2.24) is 21.0 Å². The second-order valence-corrected chi connectivity index (χ2v) is 7.66.